The van der Waals surface area contributed by atoms with Gasteiger partial charge in [0.1, 0.15) is 0 Å². The van der Waals surface area contributed by atoms with Gasteiger partial charge < -0.3 is 10.6 Å². The van der Waals surface area contributed by atoms with Crippen LogP contribution >= 0.6 is 27.3 Å². The van der Waals surface area contributed by atoms with Gasteiger partial charge in [0.05, 0.1) is 0 Å². The van der Waals surface area contributed by atoms with Gasteiger partial charge in [-0.15, -0.1) is 11.3 Å². The van der Waals surface area contributed by atoms with Gasteiger partial charge in [-0.2, -0.15) is 0 Å². The van der Waals surface area contributed by atoms with E-state index in [-0.39, 0.29) is 5.41 Å². The molecule has 0 saturated carbocycles. The maximum Gasteiger partial charge on any atom is 0.0285 e. The van der Waals surface area contributed by atoms with Crippen molar-refractivity contribution in [1.29, 1.82) is 0 Å². The van der Waals surface area contributed by atoms with Gasteiger partial charge in [-0.25, -0.2) is 0 Å². The molecule has 0 spiro atoms. The first kappa shape index (κ1) is 14.5. The topological polar surface area (TPSA) is 24.1 Å². The van der Waals surface area contributed by atoms with Crippen LogP contribution in [0.1, 0.15) is 31.6 Å². The number of halogens is 1. The Bertz CT molecular complexity index is 370. The van der Waals surface area contributed by atoms with Gasteiger partial charge in [0.15, 0.2) is 0 Å². The average molecular weight is 331 g/mol. The van der Waals surface area contributed by atoms with Crippen molar-refractivity contribution in [3.63, 3.8) is 0 Å². The normalized spacial score (nSPS) is 18.2. The molecule has 2 nitrogen and oxygen atoms in total. The monoisotopic (exact) mass is 330 g/mol. The molecule has 0 amide bonds. The zero-order chi connectivity index (χ0) is 13.0. The molecule has 1 aliphatic rings. The van der Waals surface area contributed by atoms with Crippen molar-refractivity contribution < 1.29 is 0 Å². The van der Waals surface area contributed by atoms with Crippen LogP contribution in [0, 0.1) is 5.92 Å². The summed E-state index contributed by atoms with van der Waals surface area (Å²) in [5, 5.41) is 9.26. The molecule has 18 heavy (non-hydrogen) atoms. The molecule has 1 fully saturated rings. The number of hydrogen-bond donors (Lipinski definition) is 2. The highest BCUT2D eigenvalue weighted by molar-refractivity contribution is 9.10. The molecule has 1 saturated heterocycles. The van der Waals surface area contributed by atoms with E-state index in [9.17, 15) is 0 Å². The zero-order valence-corrected chi connectivity index (χ0v) is 13.7. The van der Waals surface area contributed by atoms with Crippen molar-refractivity contribution in [3.05, 3.63) is 20.8 Å². The Hall–Kier alpha value is 0.1000. The highest BCUT2D eigenvalue weighted by Crippen LogP contribution is 2.31. The van der Waals surface area contributed by atoms with Gasteiger partial charge in [-0.3, -0.25) is 0 Å². The van der Waals surface area contributed by atoms with E-state index in [2.05, 4.69) is 51.9 Å². The lowest BCUT2D eigenvalue weighted by molar-refractivity contribution is 0.343. The van der Waals surface area contributed by atoms with Crippen LogP contribution in [0.2, 0.25) is 0 Å². The van der Waals surface area contributed by atoms with Crippen molar-refractivity contribution in [3.8, 4) is 0 Å². The number of nitrogens with one attached hydrogen (secondary N) is 2. The molecule has 2 rings (SSSR count). The molecule has 0 aromatic carbocycles. The SMILES string of the molecule is CC(C)(CNCC1CCNCC1)c1cc(Br)cs1. The fourth-order valence-electron chi connectivity index (χ4n) is 2.43. The highest BCUT2D eigenvalue weighted by atomic mass is 79.9. The summed E-state index contributed by atoms with van der Waals surface area (Å²) in [6.07, 6.45) is 2.63. The second kappa shape index (κ2) is 6.51. The Kier molecular flexibility index (Phi) is 5.24. The third-order valence-corrected chi connectivity index (χ3v) is 5.75. The van der Waals surface area contributed by atoms with Crippen molar-refractivity contribution in [1.82, 2.24) is 10.6 Å². The minimum atomic E-state index is 0.226. The van der Waals surface area contributed by atoms with Crippen LogP contribution in [-0.2, 0) is 5.41 Å². The first-order chi connectivity index (χ1) is 8.58. The van der Waals surface area contributed by atoms with Crippen LogP contribution in [0.5, 0.6) is 0 Å². The van der Waals surface area contributed by atoms with Crippen LogP contribution in [0.3, 0.4) is 0 Å². The Balaban J connectivity index is 1.78. The first-order valence-corrected chi connectivity index (χ1v) is 8.41. The van der Waals surface area contributed by atoms with Gasteiger partial charge in [-0.05, 0) is 60.4 Å². The summed E-state index contributed by atoms with van der Waals surface area (Å²) in [5.74, 6) is 0.858. The van der Waals surface area contributed by atoms with Crippen LogP contribution < -0.4 is 10.6 Å². The fourth-order valence-corrected chi connectivity index (χ4v) is 3.98. The minimum Gasteiger partial charge on any atom is -0.317 e. The van der Waals surface area contributed by atoms with Gasteiger partial charge in [0.2, 0.25) is 0 Å². The quantitative estimate of drug-likeness (QED) is 0.864. The molecule has 0 aliphatic carbocycles. The molecule has 2 heterocycles. The minimum absolute atomic E-state index is 0.226. The maximum absolute atomic E-state index is 3.67. The van der Waals surface area contributed by atoms with E-state index < -0.39 is 0 Å². The number of thiophene rings is 1. The third-order valence-electron chi connectivity index (χ3n) is 3.69. The molecular weight excluding hydrogens is 308 g/mol. The van der Waals surface area contributed by atoms with Crippen molar-refractivity contribution in [2.45, 2.75) is 32.1 Å². The number of rotatable bonds is 5. The lowest BCUT2D eigenvalue weighted by Crippen LogP contribution is -2.38. The van der Waals surface area contributed by atoms with Crippen molar-refractivity contribution in [2.75, 3.05) is 26.2 Å². The van der Waals surface area contributed by atoms with Crippen LogP contribution in [0.4, 0.5) is 0 Å². The maximum atomic E-state index is 3.67. The van der Waals surface area contributed by atoms with Crippen molar-refractivity contribution in [2.24, 2.45) is 5.92 Å². The van der Waals surface area contributed by atoms with E-state index in [0.29, 0.717) is 0 Å². The standard InChI is InChI=1S/C14H23BrN2S/c1-14(2,13-7-12(15)9-18-13)10-17-8-11-3-5-16-6-4-11/h7,9,11,16-17H,3-6,8,10H2,1-2H3. The van der Waals surface area contributed by atoms with E-state index >= 15 is 0 Å². The second-order valence-electron chi connectivity index (χ2n) is 5.84. The predicted molar refractivity (Wildman–Crippen MR) is 83.5 cm³/mol. The molecule has 0 atom stereocenters. The van der Waals surface area contributed by atoms with E-state index in [4.69, 9.17) is 0 Å². The molecule has 1 aromatic rings. The first-order valence-electron chi connectivity index (χ1n) is 6.74. The Morgan fingerprint density at radius 3 is 2.78 bits per heavy atom. The molecule has 2 N–H and O–H groups in total. The van der Waals surface area contributed by atoms with Gasteiger partial charge in [-0.1, -0.05) is 13.8 Å². The van der Waals surface area contributed by atoms with Gasteiger partial charge in [0, 0.05) is 26.7 Å². The van der Waals surface area contributed by atoms with E-state index in [1.807, 2.05) is 11.3 Å². The molecule has 1 aliphatic heterocycles. The molecule has 0 bridgehead atoms. The Labute approximate surface area is 123 Å². The summed E-state index contributed by atoms with van der Waals surface area (Å²) >= 11 is 5.38. The van der Waals surface area contributed by atoms with E-state index in [0.717, 1.165) is 19.0 Å². The summed E-state index contributed by atoms with van der Waals surface area (Å²) in [6.45, 7) is 9.24. The Morgan fingerprint density at radius 1 is 1.44 bits per heavy atom. The molecule has 0 unspecified atom stereocenters. The zero-order valence-electron chi connectivity index (χ0n) is 11.3. The summed E-state index contributed by atoms with van der Waals surface area (Å²) in [4.78, 5) is 1.45. The molecule has 102 valence electrons. The van der Waals surface area contributed by atoms with E-state index in [1.54, 1.807) is 0 Å². The molecule has 1 aromatic heterocycles. The van der Waals surface area contributed by atoms with E-state index in [1.165, 1.54) is 35.3 Å². The lowest BCUT2D eigenvalue weighted by atomic mass is 9.91. The average Bonchev–Trinajstić information content (AvgIpc) is 2.78. The summed E-state index contributed by atoms with van der Waals surface area (Å²) < 4.78 is 1.20. The second-order valence-corrected chi connectivity index (χ2v) is 7.66. The van der Waals surface area contributed by atoms with Gasteiger partial charge in [0.25, 0.3) is 0 Å². The van der Waals surface area contributed by atoms with Crippen LogP contribution in [0.15, 0.2) is 15.9 Å². The van der Waals surface area contributed by atoms with Crippen LogP contribution in [-0.4, -0.2) is 26.2 Å². The highest BCUT2D eigenvalue weighted by Gasteiger charge is 2.22. The largest absolute Gasteiger partial charge is 0.317 e. The lowest BCUT2D eigenvalue weighted by Gasteiger charge is -2.27. The van der Waals surface area contributed by atoms with Gasteiger partial charge >= 0.3 is 0 Å². The van der Waals surface area contributed by atoms with Crippen LogP contribution in [0.25, 0.3) is 0 Å². The molecular formula is C14H23BrN2S. The predicted octanol–water partition coefficient (Wildman–Crippen LogP) is 3.38. The number of piperidine rings is 1. The molecule has 0 radical (unpaired) electrons. The smallest absolute Gasteiger partial charge is 0.0285 e. The summed E-state index contributed by atoms with van der Waals surface area (Å²) in [7, 11) is 0. The molecule has 4 heteroatoms. The fraction of sp³-hybridized carbons (Fsp3) is 0.714. The summed E-state index contributed by atoms with van der Waals surface area (Å²) in [5.41, 5.74) is 0.226. The number of hydrogen-bond acceptors (Lipinski definition) is 3. The third kappa shape index (κ3) is 4.05. The summed E-state index contributed by atoms with van der Waals surface area (Å²) in [6, 6.07) is 2.25. The Morgan fingerprint density at radius 2 is 2.17 bits per heavy atom. The van der Waals surface area contributed by atoms with Crippen molar-refractivity contribution >= 4 is 27.3 Å².